The van der Waals surface area contributed by atoms with E-state index in [-0.39, 0.29) is 24.8 Å². The van der Waals surface area contributed by atoms with Crippen molar-refractivity contribution in [3.63, 3.8) is 0 Å². The van der Waals surface area contributed by atoms with Crippen LogP contribution in [-0.2, 0) is 14.8 Å². The molecular weight excluding hydrogens is 418 g/mol. The fourth-order valence-corrected chi connectivity index (χ4v) is 3.85. The van der Waals surface area contributed by atoms with Crippen molar-refractivity contribution in [2.24, 2.45) is 0 Å². The molecule has 2 amide bonds. The molecule has 0 saturated carbocycles. The van der Waals surface area contributed by atoms with Gasteiger partial charge in [-0.2, -0.15) is 0 Å². The predicted octanol–water partition coefficient (Wildman–Crippen LogP) is 2.80. The van der Waals surface area contributed by atoms with Crippen molar-refractivity contribution < 1.29 is 22.7 Å². The van der Waals surface area contributed by atoms with Crippen molar-refractivity contribution in [1.29, 1.82) is 0 Å². The van der Waals surface area contributed by atoms with Crippen molar-refractivity contribution in [3.05, 3.63) is 66.7 Å². The Morgan fingerprint density at radius 3 is 2.42 bits per heavy atom. The Labute approximate surface area is 183 Å². The van der Waals surface area contributed by atoms with Crippen LogP contribution in [0.3, 0.4) is 0 Å². The number of nitrogens with one attached hydrogen (secondary N) is 2. The molecule has 9 heteroatoms. The van der Waals surface area contributed by atoms with Crippen LogP contribution in [-0.4, -0.2) is 46.7 Å². The summed E-state index contributed by atoms with van der Waals surface area (Å²) in [6, 6.07) is 13.3. The first kappa shape index (κ1) is 23.9. The molecule has 2 aromatic rings. The van der Waals surface area contributed by atoms with Gasteiger partial charge < -0.3 is 15.4 Å². The zero-order valence-corrected chi connectivity index (χ0v) is 18.4. The smallest absolute Gasteiger partial charge is 0.253 e. The molecule has 166 valence electrons. The number of rotatable bonds is 11. The van der Waals surface area contributed by atoms with Crippen molar-refractivity contribution >= 4 is 33.2 Å². The molecule has 0 aliphatic carbocycles. The minimum absolute atomic E-state index is 0.0881. The second kappa shape index (κ2) is 11.2. The number of anilines is 2. The summed E-state index contributed by atoms with van der Waals surface area (Å²) >= 11 is 0. The van der Waals surface area contributed by atoms with Gasteiger partial charge in [-0.15, -0.1) is 6.58 Å². The topological polar surface area (TPSA) is 105 Å². The lowest BCUT2D eigenvalue weighted by atomic mass is 10.1. The lowest BCUT2D eigenvalue weighted by Crippen LogP contribution is -2.31. The summed E-state index contributed by atoms with van der Waals surface area (Å²) in [5.74, 6) is -0.0157. The Hall–Kier alpha value is -3.33. The number of carbonyl (C=O) groups is 2. The molecule has 0 saturated heterocycles. The fourth-order valence-electron chi connectivity index (χ4n) is 2.88. The molecule has 0 radical (unpaired) electrons. The summed E-state index contributed by atoms with van der Waals surface area (Å²) in [7, 11) is -1.99. The van der Waals surface area contributed by atoms with Crippen LogP contribution in [0, 0.1) is 0 Å². The number of benzene rings is 2. The molecule has 31 heavy (non-hydrogen) atoms. The van der Waals surface area contributed by atoms with Gasteiger partial charge in [0.25, 0.3) is 5.91 Å². The lowest BCUT2D eigenvalue weighted by molar-refractivity contribution is -0.116. The number of carbonyl (C=O) groups excluding carboxylic acids is 2. The van der Waals surface area contributed by atoms with Crippen LogP contribution in [0.15, 0.2) is 61.2 Å². The van der Waals surface area contributed by atoms with E-state index in [2.05, 4.69) is 17.2 Å². The third-order valence-corrected chi connectivity index (χ3v) is 5.57. The molecule has 0 aliphatic rings. The van der Waals surface area contributed by atoms with E-state index in [4.69, 9.17) is 4.74 Å². The van der Waals surface area contributed by atoms with Gasteiger partial charge >= 0.3 is 0 Å². The highest BCUT2D eigenvalue weighted by Gasteiger charge is 2.18. The van der Waals surface area contributed by atoms with Gasteiger partial charge in [-0.25, -0.2) is 8.42 Å². The Morgan fingerprint density at radius 2 is 1.81 bits per heavy atom. The predicted molar refractivity (Wildman–Crippen MR) is 122 cm³/mol. The van der Waals surface area contributed by atoms with Crippen LogP contribution < -0.4 is 19.7 Å². The monoisotopic (exact) mass is 445 g/mol. The van der Waals surface area contributed by atoms with Crippen molar-refractivity contribution in [2.45, 2.75) is 12.8 Å². The average molecular weight is 446 g/mol. The van der Waals surface area contributed by atoms with Crippen molar-refractivity contribution in [3.8, 4) is 5.75 Å². The number of ether oxygens (including phenoxy) is 1. The van der Waals surface area contributed by atoms with E-state index >= 15 is 0 Å². The van der Waals surface area contributed by atoms with Crippen LogP contribution in [0.25, 0.3) is 0 Å². The summed E-state index contributed by atoms with van der Waals surface area (Å²) in [5, 5.41) is 5.40. The molecule has 0 unspecified atom stereocenters. The maximum atomic E-state index is 12.4. The summed E-state index contributed by atoms with van der Waals surface area (Å²) < 4.78 is 30.7. The van der Waals surface area contributed by atoms with Crippen LogP contribution in [0.2, 0.25) is 0 Å². The lowest BCUT2D eigenvalue weighted by Gasteiger charge is -2.22. The number of para-hydroxylation sites is 1. The first-order valence-corrected chi connectivity index (χ1v) is 11.5. The third-order valence-electron chi connectivity index (χ3n) is 4.38. The van der Waals surface area contributed by atoms with Gasteiger partial charge in [-0.1, -0.05) is 18.2 Å². The van der Waals surface area contributed by atoms with Gasteiger partial charge in [0.1, 0.15) is 5.75 Å². The quantitative estimate of drug-likeness (QED) is 0.518. The fraction of sp³-hybridized carbons (Fsp3) is 0.273. The third kappa shape index (κ3) is 7.14. The van der Waals surface area contributed by atoms with Crippen molar-refractivity contribution in [1.82, 2.24) is 5.32 Å². The summed E-state index contributed by atoms with van der Waals surface area (Å²) in [5.41, 5.74) is 1.23. The Kier molecular flexibility index (Phi) is 8.63. The number of hydrogen-bond acceptors (Lipinski definition) is 5. The van der Waals surface area contributed by atoms with E-state index in [1.807, 2.05) is 0 Å². The highest BCUT2D eigenvalue weighted by Crippen LogP contribution is 2.22. The normalized spacial score (nSPS) is 10.8. The molecule has 8 nitrogen and oxygen atoms in total. The van der Waals surface area contributed by atoms with E-state index in [1.165, 1.54) is 11.4 Å². The number of methoxy groups -OCH3 is 1. The van der Waals surface area contributed by atoms with Crippen LogP contribution >= 0.6 is 0 Å². The molecule has 2 N–H and O–H groups in total. The molecule has 0 bridgehead atoms. The second-order valence-electron chi connectivity index (χ2n) is 6.73. The molecule has 2 rings (SSSR count). The largest absolute Gasteiger partial charge is 0.497 e. The van der Waals surface area contributed by atoms with Gasteiger partial charge in [0.15, 0.2) is 0 Å². The van der Waals surface area contributed by atoms with E-state index in [9.17, 15) is 18.0 Å². The number of hydrogen-bond donors (Lipinski definition) is 2. The van der Waals surface area contributed by atoms with Gasteiger partial charge in [-0.05, 0) is 42.8 Å². The Balaban J connectivity index is 2.00. The summed E-state index contributed by atoms with van der Waals surface area (Å²) in [6.07, 6.45) is 3.07. The molecule has 0 atom stereocenters. The van der Waals surface area contributed by atoms with Gasteiger partial charge in [0.05, 0.1) is 30.3 Å². The van der Waals surface area contributed by atoms with Gasteiger partial charge in [0, 0.05) is 19.5 Å². The van der Waals surface area contributed by atoms with Crippen LogP contribution in [0.1, 0.15) is 23.2 Å². The zero-order chi connectivity index (χ0) is 22.9. The molecule has 2 aromatic carbocycles. The second-order valence-corrected chi connectivity index (χ2v) is 8.64. The van der Waals surface area contributed by atoms with E-state index in [1.54, 1.807) is 54.6 Å². The van der Waals surface area contributed by atoms with E-state index in [0.717, 1.165) is 6.26 Å². The van der Waals surface area contributed by atoms with Crippen LogP contribution in [0.5, 0.6) is 5.75 Å². The molecule has 0 fully saturated rings. The number of nitrogens with zero attached hydrogens (tertiary/aromatic N) is 1. The van der Waals surface area contributed by atoms with Gasteiger partial charge in [0.2, 0.25) is 15.9 Å². The minimum Gasteiger partial charge on any atom is -0.497 e. The molecular formula is C22H27N3O5S. The first-order chi connectivity index (χ1) is 14.8. The molecule has 0 aromatic heterocycles. The number of sulfonamides is 1. The standard InChI is InChI=1S/C22H27N3O5S/c1-4-15-23-22(27)19-8-5-6-9-20(19)24-21(26)10-7-16-25(31(3,28)29)17-11-13-18(30-2)14-12-17/h4-6,8-9,11-14H,1,7,10,15-16H2,2-3H3,(H,23,27)(H,24,26). The first-order valence-electron chi connectivity index (χ1n) is 9.66. The number of amides is 2. The zero-order valence-electron chi connectivity index (χ0n) is 17.6. The van der Waals surface area contributed by atoms with E-state index in [0.29, 0.717) is 35.7 Å². The Bertz CT molecular complexity index is 1020. The molecule has 0 spiro atoms. The van der Waals surface area contributed by atoms with Crippen LogP contribution in [0.4, 0.5) is 11.4 Å². The highest BCUT2D eigenvalue weighted by molar-refractivity contribution is 7.92. The summed E-state index contributed by atoms with van der Waals surface area (Å²) in [4.78, 5) is 24.6. The van der Waals surface area contributed by atoms with Gasteiger partial charge in [-0.3, -0.25) is 13.9 Å². The van der Waals surface area contributed by atoms with Crippen molar-refractivity contribution in [2.75, 3.05) is 36.1 Å². The minimum atomic E-state index is -3.52. The maximum Gasteiger partial charge on any atom is 0.253 e. The molecule has 0 heterocycles. The summed E-state index contributed by atoms with van der Waals surface area (Å²) in [6.45, 7) is 4.01. The highest BCUT2D eigenvalue weighted by atomic mass is 32.2. The maximum absolute atomic E-state index is 12.4. The SMILES string of the molecule is C=CCNC(=O)c1ccccc1NC(=O)CCCN(c1ccc(OC)cc1)S(C)(=O)=O. The average Bonchev–Trinajstić information content (AvgIpc) is 2.74. The van der Waals surface area contributed by atoms with E-state index < -0.39 is 10.0 Å². The molecule has 0 aliphatic heterocycles. The Morgan fingerprint density at radius 1 is 1.13 bits per heavy atom.